The fourth-order valence-electron chi connectivity index (χ4n) is 2.41. The van der Waals surface area contributed by atoms with Crippen molar-refractivity contribution in [2.24, 2.45) is 5.10 Å². The highest BCUT2D eigenvalue weighted by Gasteiger charge is 2.05. The largest absolute Gasteiger partial charge is 0.378 e. The van der Waals surface area contributed by atoms with Crippen LogP contribution in [-0.2, 0) is 0 Å². The minimum atomic E-state index is -0.234. The minimum absolute atomic E-state index is 0.234. The van der Waals surface area contributed by atoms with Gasteiger partial charge in [0.15, 0.2) is 0 Å². The number of hydrogen-bond acceptors (Lipinski definition) is 3. The second kappa shape index (κ2) is 7.49. The van der Waals surface area contributed by atoms with Gasteiger partial charge in [-0.25, -0.2) is 5.43 Å². The Labute approximate surface area is 147 Å². The molecule has 3 aromatic rings. The number of anilines is 1. The van der Waals surface area contributed by atoms with Gasteiger partial charge in [-0.3, -0.25) is 4.79 Å². The van der Waals surface area contributed by atoms with Crippen molar-refractivity contribution in [2.75, 3.05) is 19.0 Å². The fraction of sp³-hybridized carbons (Fsp3) is 0.100. The van der Waals surface area contributed by atoms with Crippen LogP contribution in [0.3, 0.4) is 0 Å². The number of carbonyl (C=O) groups is 1. The van der Waals surface area contributed by atoms with Crippen LogP contribution in [0.4, 0.5) is 5.69 Å². The zero-order valence-electron chi connectivity index (χ0n) is 14.3. The van der Waals surface area contributed by atoms with Crippen molar-refractivity contribution in [2.45, 2.75) is 0 Å². The molecular formula is C20H20N4O. The van der Waals surface area contributed by atoms with Crippen molar-refractivity contribution in [1.82, 2.24) is 9.99 Å². The second-order valence-corrected chi connectivity index (χ2v) is 5.83. The van der Waals surface area contributed by atoms with Crippen molar-refractivity contribution < 1.29 is 4.79 Å². The van der Waals surface area contributed by atoms with Crippen LogP contribution in [-0.4, -0.2) is 30.8 Å². The summed E-state index contributed by atoms with van der Waals surface area (Å²) in [5.74, 6) is -0.234. The minimum Gasteiger partial charge on any atom is -0.378 e. The molecule has 0 radical (unpaired) electrons. The molecule has 0 saturated carbocycles. The number of hydrogen-bond donors (Lipinski definition) is 1. The second-order valence-electron chi connectivity index (χ2n) is 5.83. The molecule has 25 heavy (non-hydrogen) atoms. The number of aromatic nitrogens is 1. The molecular weight excluding hydrogens is 312 g/mol. The zero-order chi connectivity index (χ0) is 17.6. The summed E-state index contributed by atoms with van der Waals surface area (Å²) < 4.78 is 2.00. The molecule has 0 saturated heterocycles. The lowest BCUT2D eigenvalue weighted by molar-refractivity contribution is 0.0955. The third-order valence-corrected chi connectivity index (χ3v) is 3.77. The maximum absolute atomic E-state index is 12.2. The summed E-state index contributed by atoms with van der Waals surface area (Å²) in [6.07, 6.45) is 5.55. The van der Waals surface area contributed by atoms with Crippen LogP contribution < -0.4 is 10.3 Å². The van der Waals surface area contributed by atoms with Crippen LogP contribution in [0, 0.1) is 0 Å². The molecule has 1 amide bonds. The summed E-state index contributed by atoms with van der Waals surface area (Å²) in [6, 6.07) is 19.4. The number of nitrogens with one attached hydrogen (secondary N) is 1. The Morgan fingerprint density at radius 1 is 1.08 bits per heavy atom. The van der Waals surface area contributed by atoms with E-state index in [1.54, 1.807) is 12.3 Å². The van der Waals surface area contributed by atoms with Crippen LogP contribution >= 0.6 is 0 Å². The van der Waals surface area contributed by atoms with Gasteiger partial charge >= 0.3 is 0 Å². The van der Waals surface area contributed by atoms with E-state index in [2.05, 4.69) is 10.5 Å². The first-order valence-electron chi connectivity index (χ1n) is 7.98. The van der Waals surface area contributed by atoms with Gasteiger partial charge in [0.1, 0.15) is 0 Å². The maximum atomic E-state index is 12.2. The van der Waals surface area contributed by atoms with Crippen molar-refractivity contribution in [3.05, 3.63) is 84.2 Å². The highest BCUT2D eigenvalue weighted by atomic mass is 16.2. The summed E-state index contributed by atoms with van der Waals surface area (Å²) in [7, 11) is 3.87. The van der Waals surface area contributed by atoms with Crippen molar-refractivity contribution in [1.29, 1.82) is 0 Å². The molecule has 1 N–H and O–H groups in total. The van der Waals surface area contributed by atoms with E-state index >= 15 is 0 Å². The Bertz CT molecular complexity index is 881. The first kappa shape index (κ1) is 16.5. The Balaban J connectivity index is 1.64. The average Bonchev–Trinajstić information content (AvgIpc) is 3.11. The third-order valence-electron chi connectivity index (χ3n) is 3.77. The van der Waals surface area contributed by atoms with Gasteiger partial charge in [-0.05, 0) is 36.4 Å². The molecule has 126 valence electrons. The summed E-state index contributed by atoms with van der Waals surface area (Å²) >= 11 is 0. The van der Waals surface area contributed by atoms with Gasteiger partial charge in [-0.2, -0.15) is 5.10 Å². The smallest absolute Gasteiger partial charge is 0.271 e. The normalized spacial score (nSPS) is 10.8. The third kappa shape index (κ3) is 4.14. The van der Waals surface area contributed by atoms with Gasteiger partial charge in [-0.1, -0.05) is 24.3 Å². The number of amides is 1. The molecule has 1 heterocycles. The summed E-state index contributed by atoms with van der Waals surface area (Å²) in [6.45, 7) is 0. The van der Waals surface area contributed by atoms with Crippen molar-refractivity contribution in [3.63, 3.8) is 0 Å². The Hall–Kier alpha value is -3.34. The molecule has 0 unspecified atom stereocenters. The van der Waals surface area contributed by atoms with E-state index in [0.29, 0.717) is 5.56 Å². The summed E-state index contributed by atoms with van der Waals surface area (Å²) in [4.78, 5) is 14.1. The molecule has 0 fully saturated rings. The van der Waals surface area contributed by atoms with Gasteiger partial charge in [-0.15, -0.1) is 0 Å². The molecule has 0 aliphatic carbocycles. The number of benzene rings is 2. The molecule has 3 rings (SSSR count). The highest BCUT2D eigenvalue weighted by molar-refractivity contribution is 5.95. The Morgan fingerprint density at radius 3 is 2.64 bits per heavy atom. The van der Waals surface area contributed by atoms with Gasteiger partial charge in [0.05, 0.1) is 6.21 Å². The molecule has 1 aromatic heterocycles. The van der Waals surface area contributed by atoms with Crippen LogP contribution in [0.1, 0.15) is 15.9 Å². The fourth-order valence-corrected chi connectivity index (χ4v) is 2.41. The monoisotopic (exact) mass is 332 g/mol. The quantitative estimate of drug-likeness (QED) is 0.576. The molecule has 5 nitrogen and oxygen atoms in total. The number of hydrazone groups is 1. The lowest BCUT2D eigenvalue weighted by Crippen LogP contribution is -2.18. The van der Waals surface area contributed by atoms with Crippen LogP contribution in [0.25, 0.3) is 5.69 Å². The van der Waals surface area contributed by atoms with Crippen molar-refractivity contribution in [3.8, 4) is 5.69 Å². The van der Waals surface area contributed by atoms with Crippen LogP contribution in [0.15, 0.2) is 78.2 Å². The van der Waals surface area contributed by atoms with Crippen LogP contribution in [0.5, 0.6) is 0 Å². The first-order valence-corrected chi connectivity index (χ1v) is 7.98. The van der Waals surface area contributed by atoms with Gasteiger partial charge in [0.25, 0.3) is 5.91 Å². The lowest BCUT2D eigenvalue weighted by atomic mass is 10.2. The van der Waals surface area contributed by atoms with Crippen molar-refractivity contribution >= 4 is 17.8 Å². The summed E-state index contributed by atoms with van der Waals surface area (Å²) in [5.41, 5.74) is 6.09. The van der Waals surface area contributed by atoms with E-state index < -0.39 is 0 Å². The Kier molecular flexibility index (Phi) is 4.95. The molecule has 5 heteroatoms. The van der Waals surface area contributed by atoms with E-state index in [4.69, 9.17) is 0 Å². The van der Waals surface area contributed by atoms with E-state index in [9.17, 15) is 4.79 Å². The molecule has 0 aliphatic heterocycles. The van der Waals surface area contributed by atoms with E-state index in [-0.39, 0.29) is 5.91 Å². The number of rotatable bonds is 5. The molecule has 0 atom stereocenters. The molecule has 0 bridgehead atoms. The number of carbonyl (C=O) groups excluding carboxylic acids is 1. The molecule has 0 aliphatic rings. The van der Waals surface area contributed by atoms with Gasteiger partial charge < -0.3 is 9.47 Å². The van der Waals surface area contributed by atoms with Gasteiger partial charge in [0, 0.05) is 49.0 Å². The van der Waals surface area contributed by atoms with E-state index in [1.165, 1.54) is 0 Å². The number of para-hydroxylation sites is 1. The molecule has 0 spiro atoms. The first-order chi connectivity index (χ1) is 12.1. The number of nitrogens with zero attached hydrogens (tertiary/aromatic N) is 3. The van der Waals surface area contributed by atoms with E-state index in [0.717, 1.165) is 16.9 Å². The highest BCUT2D eigenvalue weighted by Crippen LogP contribution is 2.13. The van der Waals surface area contributed by atoms with E-state index in [1.807, 2.05) is 90.6 Å². The lowest BCUT2D eigenvalue weighted by Gasteiger charge is -2.12. The molecule has 2 aromatic carbocycles. The van der Waals surface area contributed by atoms with Crippen LogP contribution in [0.2, 0.25) is 0 Å². The Morgan fingerprint density at radius 2 is 1.88 bits per heavy atom. The maximum Gasteiger partial charge on any atom is 0.271 e. The predicted octanol–water partition coefficient (Wildman–Crippen LogP) is 3.31. The topological polar surface area (TPSA) is 49.6 Å². The standard InChI is InChI=1S/C20H20N4O/c1-23(2)19-10-6-7-17(13-19)20(25)22-21-14-16-11-12-24(15-16)18-8-4-3-5-9-18/h3-15H,1-2H3,(H,22,25)/b21-14-. The SMILES string of the molecule is CN(C)c1cccc(C(=O)N/N=C\c2ccn(-c3ccccc3)c2)c1. The summed E-state index contributed by atoms with van der Waals surface area (Å²) in [5, 5.41) is 4.05. The van der Waals surface area contributed by atoms with Gasteiger partial charge in [0.2, 0.25) is 0 Å². The zero-order valence-corrected chi connectivity index (χ0v) is 14.3. The average molecular weight is 332 g/mol. The predicted molar refractivity (Wildman–Crippen MR) is 102 cm³/mol.